The minimum Gasteiger partial charge on any atom is -0.316 e. The molecule has 1 aliphatic carbocycles. The predicted octanol–water partition coefficient (Wildman–Crippen LogP) is 4.19. The van der Waals surface area contributed by atoms with Crippen LogP contribution < -0.4 is 5.32 Å². The normalized spacial score (nSPS) is 26.8. The summed E-state index contributed by atoms with van der Waals surface area (Å²) in [5.74, 6) is 0.599. The van der Waals surface area contributed by atoms with Crippen LogP contribution in [0.15, 0.2) is 43.5 Å². The molecule has 2 heterocycles. The molecule has 2 heteroatoms. The van der Waals surface area contributed by atoms with Gasteiger partial charge in [-0.25, -0.2) is 0 Å². The highest BCUT2D eigenvalue weighted by molar-refractivity contribution is 5.62. The van der Waals surface area contributed by atoms with Gasteiger partial charge in [-0.2, -0.15) is 0 Å². The Labute approximate surface area is 139 Å². The molecule has 2 unspecified atom stereocenters. The van der Waals surface area contributed by atoms with Gasteiger partial charge < -0.3 is 5.32 Å². The second-order valence-corrected chi connectivity index (χ2v) is 6.61. The summed E-state index contributed by atoms with van der Waals surface area (Å²) >= 11 is 0. The lowest BCUT2D eigenvalue weighted by molar-refractivity contribution is 0.139. The van der Waals surface area contributed by atoms with Crippen LogP contribution in [0.25, 0.3) is 12.2 Å². The van der Waals surface area contributed by atoms with Gasteiger partial charge in [-0.05, 0) is 74.0 Å². The molecular weight excluding hydrogens is 280 g/mol. The molecule has 2 aliphatic rings. The molecule has 2 nitrogen and oxygen atoms in total. The fourth-order valence-electron chi connectivity index (χ4n) is 4.43. The maximum Gasteiger partial charge on any atom is 0.0699 e. The number of nitrogens with zero attached hydrogens (tertiary/aromatic N) is 1. The quantitative estimate of drug-likeness (QED) is 0.844. The van der Waals surface area contributed by atoms with Crippen LogP contribution in [-0.2, 0) is 12.8 Å². The summed E-state index contributed by atoms with van der Waals surface area (Å²) in [4.78, 5) is 4.92. The number of allylic oxidation sites excluding steroid dienone is 3. The Morgan fingerprint density at radius 1 is 1.35 bits per heavy atom. The molecule has 1 fully saturated rings. The van der Waals surface area contributed by atoms with Crippen molar-refractivity contribution in [3.8, 4) is 0 Å². The fraction of sp³-hybridized carbons (Fsp3) is 0.381. The van der Waals surface area contributed by atoms with Gasteiger partial charge in [0.25, 0.3) is 0 Å². The number of hydrogen-bond acceptors (Lipinski definition) is 2. The summed E-state index contributed by atoms with van der Waals surface area (Å²) < 4.78 is 0. The van der Waals surface area contributed by atoms with E-state index in [1.54, 1.807) is 0 Å². The minimum absolute atomic E-state index is 0.176. The number of nitrogens with one attached hydrogen (secondary N) is 1. The van der Waals surface area contributed by atoms with Crippen molar-refractivity contribution in [2.45, 2.75) is 26.2 Å². The van der Waals surface area contributed by atoms with Gasteiger partial charge in [0.15, 0.2) is 0 Å². The zero-order valence-corrected chi connectivity index (χ0v) is 14.1. The Kier molecular flexibility index (Phi) is 4.36. The van der Waals surface area contributed by atoms with E-state index in [1.807, 2.05) is 12.2 Å². The molecule has 0 radical (unpaired) electrons. The highest BCUT2D eigenvalue weighted by Crippen LogP contribution is 2.49. The van der Waals surface area contributed by atoms with Crippen LogP contribution in [0.2, 0.25) is 0 Å². The Bertz CT molecular complexity index is 683. The van der Waals surface area contributed by atoms with E-state index in [2.05, 4.69) is 50.2 Å². The monoisotopic (exact) mass is 306 g/mol. The van der Waals surface area contributed by atoms with Crippen molar-refractivity contribution in [3.05, 3.63) is 66.0 Å². The Balaban J connectivity index is 2.12. The average Bonchev–Trinajstić information content (AvgIpc) is 2.59. The molecule has 0 bridgehead atoms. The smallest absolute Gasteiger partial charge is 0.0699 e. The number of fused-ring (bicyclic) bond motifs is 2. The molecule has 1 saturated heterocycles. The van der Waals surface area contributed by atoms with Gasteiger partial charge >= 0.3 is 0 Å². The molecule has 1 aromatic rings. The molecule has 0 amide bonds. The summed E-state index contributed by atoms with van der Waals surface area (Å²) in [6, 6.07) is 2.26. The van der Waals surface area contributed by atoms with E-state index in [9.17, 15) is 0 Å². The van der Waals surface area contributed by atoms with Crippen LogP contribution >= 0.6 is 0 Å². The number of rotatable bonds is 4. The first-order valence-electron chi connectivity index (χ1n) is 8.46. The summed E-state index contributed by atoms with van der Waals surface area (Å²) in [7, 11) is 0. The number of pyridine rings is 1. The van der Waals surface area contributed by atoms with E-state index in [0.29, 0.717) is 5.92 Å². The van der Waals surface area contributed by atoms with Gasteiger partial charge in [0.1, 0.15) is 0 Å². The van der Waals surface area contributed by atoms with Crippen molar-refractivity contribution in [3.63, 3.8) is 0 Å². The molecule has 23 heavy (non-hydrogen) atoms. The first kappa shape index (κ1) is 15.9. The van der Waals surface area contributed by atoms with Gasteiger partial charge in [-0.1, -0.05) is 38.0 Å². The van der Waals surface area contributed by atoms with Gasteiger partial charge in [0.05, 0.1) is 5.69 Å². The lowest BCUT2D eigenvalue weighted by Crippen LogP contribution is -2.50. The van der Waals surface area contributed by atoms with Gasteiger partial charge in [-0.15, -0.1) is 0 Å². The van der Waals surface area contributed by atoms with E-state index >= 15 is 0 Å². The van der Waals surface area contributed by atoms with Crippen molar-refractivity contribution in [2.24, 2.45) is 11.3 Å². The molecule has 0 saturated carbocycles. The molecular formula is C21H26N2. The number of aromatic nitrogens is 1. The van der Waals surface area contributed by atoms with Crippen LogP contribution in [0.4, 0.5) is 0 Å². The minimum atomic E-state index is 0.176. The lowest BCUT2D eigenvalue weighted by Gasteiger charge is -2.49. The SMILES string of the molecule is C=CC(=CC)C12CCNCC1Cc1cc(C=C)c(C=C)nc1C2. The highest BCUT2D eigenvalue weighted by atomic mass is 14.9. The second kappa shape index (κ2) is 6.29. The van der Waals surface area contributed by atoms with Crippen molar-refractivity contribution in [1.82, 2.24) is 10.3 Å². The molecule has 1 N–H and O–H groups in total. The third-order valence-electron chi connectivity index (χ3n) is 5.64. The molecule has 2 atom stereocenters. The van der Waals surface area contributed by atoms with Gasteiger partial charge in [0.2, 0.25) is 0 Å². The maximum absolute atomic E-state index is 4.92. The lowest BCUT2D eigenvalue weighted by atomic mass is 9.58. The van der Waals surface area contributed by atoms with Crippen LogP contribution in [0, 0.1) is 11.3 Å². The predicted molar refractivity (Wildman–Crippen MR) is 99.2 cm³/mol. The van der Waals surface area contributed by atoms with E-state index in [0.717, 1.165) is 43.6 Å². The highest BCUT2D eigenvalue weighted by Gasteiger charge is 2.46. The van der Waals surface area contributed by atoms with Gasteiger partial charge in [0, 0.05) is 11.1 Å². The largest absolute Gasteiger partial charge is 0.316 e. The van der Waals surface area contributed by atoms with Crippen molar-refractivity contribution < 1.29 is 0 Å². The van der Waals surface area contributed by atoms with Crippen LogP contribution in [0.1, 0.15) is 35.9 Å². The Morgan fingerprint density at radius 2 is 2.17 bits per heavy atom. The topological polar surface area (TPSA) is 24.9 Å². The third kappa shape index (κ3) is 2.51. The molecule has 3 rings (SSSR count). The van der Waals surface area contributed by atoms with E-state index in [-0.39, 0.29) is 5.41 Å². The summed E-state index contributed by atoms with van der Waals surface area (Å²) in [5.41, 5.74) is 6.19. The molecule has 1 aliphatic heterocycles. The van der Waals surface area contributed by atoms with E-state index in [1.165, 1.54) is 16.8 Å². The van der Waals surface area contributed by atoms with Crippen molar-refractivity contribution >= 4 is 12.2 Å². The number of piperidine rings is 1. The summed E-state index contributed by atoms with van der Waals surface area (Å²) in [6.45, 7) is 16.2. The standard InChI is InChI=1S/C21H26N2/c1-5-15-11-16-12-18-14-22-10-9-21(18,17(6-2)7-3)13-20(16)23-19(15)8-4/h5-8,11,18,22H,1-2,4,9-10,12-14H2,3H3. The zero-order chi connectivity index (χ0) is 16.4. The number of hydrogen-bond donors (Lipinski definition) is 1. The van der Waals surface area contributed by atoms with Crippen molar-refractivity contribution in [1.29, 1.82) is 0 Å². The van der Waals surface area contributed by atoms with Crippen molar-refractivity contribution in [2.75, 3.05) is 13.1 Å². The first-order valence-corrected chi connectivity index (χ1v) is 8.46. The Hall–Kier alpha value is -1.93. The first-order chi connectivity index (χ1) is 11.2. The molecule has 1 aromatic heterocycles. The van der Waals surface area contributed by atoms with Crippen LogP contribution in [-0.4, -0.2) is 18.1 Å². The fourth-order valence-corrected chi connectivity index (χ4v) is 4.43. The molecule has 0 spiro atoms. The maximum atomic E-state index is 4.92. The summed E-state index contributed by atoms with van der Waals surface area (Å²) in [5, 5.41) is 3.58. The summed E-state index contributed by atoms with van der Waals surface area (Å²) in [6.07, 6.45) is 11.2. The van der Waals surface area contributed by atoms with Crippen LogP contribution in [0.3, 0.4) is 0 Å². The zero-order valence-electron chi connectivity index (χ0n) is 14.1. The van der Waals surface area contributed by atoms with E-state index < -0.39 is 0 Å². The Morgan fingerprint density at radius 3 is 2.83 bits per heavy atom. The third-order valence-corrected chi connectivity index (χ3v) is 5.64. The molecule has 0 aromatic carbocycles. The second-order valence-electron chi connectivity index (χ2n) is 6.61. The molecule has 120 valence electrons. The van der Waals surface area contributed by atoms with E-state index in [4.69, 9.17) is 4.98 Å². The van der Waals surface area contributed by atoms with Gasteiger partial charge in [-0.3, -0.25) is 4.98 Å². The van der Waals surface area contributed by atoms with Crippen LogP contribution in [0.5, 0.6) is 0 Å². The average molecular weight is 306 g/mol.